The summed E-state index contributed by atoms with van der Waals surface area (Å²) < 4.78 is 11.3. The molecule has 4 rings (SSSR count). The summed E-state index contributed by atoms with van der Waals surface area (Å²) in [4.78, 5) is 12.7. The monoisotopic (exact) mass is 488 g/mol. The number of hydrogen-bond acceptors (Lipinski definition) is 11. The van der Waals surface area contributed by atoms with Gasteiger partial charge >= 0.3 is 5.97 Å². The van der Waals surface area contributed by atoms with Gasteiger partial charge in [-0.3, -0.25) is 0 Å². The van der Waals surface area contributed by atoms with E-state index in [-0.39, 0.29) is 40.4 Å². The van der Waals surface area contributed by atoms with E-state index in [9.17, 15) is 45.6 Å². The van der Waals surface area contributed by atoms with Crippen molar-refractivity contribution < 1.29 is 55.1 Å². The zero-order chi connectivity index (χ0) is 26.0. The maximum Gasteiger partial charge on any atom is 0.338 e. The van der Waals surface area contributed by atoms with Crippen LogP contribution in [0.2, 0.25) is 0 Å². The Bertz CT molecular complexity index is 1220. The van der Waals surface area contributed by atoms with E-state index in [1.165, 1.54) is 6.07 Å². The molecule has 8 N–H and O–H groups in total. The number of ether oxygens (including phenoxy) is 2. The second-order valence-corrected chi connectivity index (χ2v) is 7.40. The number of rotatable bonds is 3. The second-order valence-electron chi connectivity index (χ2n) is 7.40. The molecular formula is C24H24O11. The van der Waals surface area contributed by atoms with E-state index in [4.69, 9.17) is 9.47 Å². The Balaban J connectivity index is 0.00000167. The number of phenols is 8. The van der Waals surface area contributed by atoms with Crippen LogP contribution in [-0.2, 0) is 11.2 Å². The number of fused-ring (bicyclic) bond motifs is 1. The van der Waals surface area contributed by atoms with Crippen molar-refractivity contribution in [1.29, 1.82) is 0 Å². The second kappa shape index (κ2) is 9.67. The SMILES string of the molecule is CC.O=C(O[C@@H]1Cc2c(O)cc(O)cc2O[C@@H]1c1cc(O)c(O)c(O)c1)c1cc(O)c(O)c(O)c1. The Kier molecular flexibility index (Phi) is 6.90. The van der Waals surface area contributed by atoms with Crippen LogP contribution in [0, 0.1) is 0 Å². The van der Waals surface area contributed by atoms with Gasteiger partial charge in [0.1, 0.15) is 23.4 Å². The molecule has 0 unspecified atom stereocenters. The summed E-state index contributed by atoms with van der Waals surface area (Å²) in [5.41, 5.74) is -0.0189. The minimum atomic E-state index is -1.18. The number of esters is 1. The summed E-state index contributed by atoms with van der Waals surface area (Å²) in [6, 6.07) is 6.18. The first-order valence-electron chi connectivity index (χ1n) is 10.5. The highest BCUT2D eigenvalue weighted by Gasteiger charge is 2.37. The first-order chi connectivity index (χ1) is 16.5. The molecule has 1 heterocycles. The summed E-state index contributed by atoms with van der Waals surface area (Å²) in [6.45, 7) is 4.00. The molecule has 0 saturated carbocycles. The van der Waals surface area contributed by atoms with E-state index >= 15 is 0 Å². The van der Waals surface area contributed by atoms with Crippen LogP contribution in [0.25, 0.3) is 0 Å². The molecule has 1 aliphatic rings. The van der Waals surface area contributed by atoms with Gasteiger partial charge in [-0.05, 0) is 24.3 Å². The van der Waals surface area contributed by atoms with Gasteiger partial charge in [0.15, 0.2) is 40.6 Å². The van der Waals surface area contributed by atoms with Crippen molar-refractivity contribution in [2.24, 2.45) is 0 Å². The summed E-state index contributed by atoms with van der Waals surface area (Å²) >= 11 is 0. The maximum absolute atomic E-state index is 12.7. The molecule has 0 bridgehead atoms. The van der Waals surface area contributed by atoms with Crippen LogP contribution in [0.1, 0.15) is 41.4 Å². The third-order valence-electron chi connectivity index (χ3n) is 5.15. The minimum Gasteiger partial charge on any atom is -0.508 e. The first-order valence-corrected chi connectivity index (χ1v) is 10.5. The predicted octanol–water partition coefficient (Wildman–Crippen LogP) is 3.26. The smallest absolute Gasteiger partial charge is 0.338 e. The van der Waals surface area contributed by atoms with E-state index in [0.29, 0.717) is 0 Å². The third kappa shape index (κ3) is 4.83. The molecule has 0 aliphatic carbocycles. The highest BCUT2D eigenvalue weighted by Crippen LogP contribution is 2.46. The van der Waals surface area contributed by atoms with Gasteiger partial charge in [0.25, 0.3) is 0 Å². The molecule has 3 aromatic carbocycles. The van der Waals surface area contributed by atoms with Crippen LogP contribution < -0.4 is 4.74 Å². The zero-order valence-corrected chi connectivity index (χ0v) is 18.6. The van der Waals surface area contributed by atoms with E-state index < -0.39 is 52.7 Å². The fourth-order valence-corrected chi connectivity index (χ4v) is 3.55. The van der Waals surface area contributed by atoms with E-state index in [1.54, 1.807) is 0 Å². The lowest BCUT2D eigenvalue weighted by Crippen LogP contribution is -2.34. The van der Waals surface area contributed by atoms with E-state index in [0.717, 1.165) is 30.3 Å². The minimum absolute atomic E-state index is 0.0526. The summed E-state index contributed by atoms with van der Waals surface area (Å²) in [6.07, 6.45) is -2.49. The van der Waals surface area contributed by atoms with Crippen molar-refractivity contribution in [2.75, 3.05) is 0 Å². The molecule has 0 spiro atoms. The molecule has 11 heteroatoms. The number of phenolic OH excluding ortho intramolecular Hbond substituents is 8. The van der Waals surface area contributed by atoms with Crippen molar-refractivity contribution >= 4 is 5.97 Å². The molecule has 0 saturated heterocycles. The average molecular weight is 488 g/mol. The van der Waals surface area contributed by atoms with Gasteiger partial charge in [-0.1, -0.05) is 13.8 Å². The van der Waals surface area contributed by atoms with Crippen molar-refractivity contribution in [1.82, 2.24) is 0 Å². The quantitative estimate of drug-likeness (QED) is 0.199. The topological polar surface area (TPSA) is 197 Å². The lowest BCUT2D eigenvalue weighted by Gasteiger charge is -2.34. The molecular weight excluding hydrogens is 464 g/mol. The molecule has 11 nitrogen and oxygen atoms in total. The highest BCUT2D eigenvalue weighted by atomic mass is 16.6. The summed E-state index contributed by atoms with van der Waals surface area (Å²) in [7, 11) is 0. The van der Waals surface area contributed by atoms with Crippen LogP contribution >= 0.6 is 0 Å². The fraction of sp³-hybridized carbons (Fsp3) is 0.208. The Morgan fingerprint density at radius 3 is 1.83 bits per heavy atom. The van der Waals surface area contributed by atoms with Gasteiger partial charge in [0, 0.05) is 29.7 Å². The summed E-state index contributed by atoms with van der Waals surface area (Å²) in [5.74, 6) is -6.06. The van der Waals surface area contributed by atoms with Crippen LogP contribution in [-0.4, -0.2) is 52.9 Å². The Morgan fingerprint density at radius 2 is 1.29 bits per heavy atom. The molecule has 0 amide bonds. The van der Waals surface area contributed by atoms with Crippen molar-refractivity contribution in [3.8, 4) is 51.7 Å². The van der Waals surface area contributed by atoms with Gasteiger partial charge in [0.2, 0.25) is 0 Å². The van der Waals surface area contributed by atoms with Gasteiger partial charge in [-0.2, -0.15) is 0 Å². The predicted molar refractivity (Wildman–Crippen MR) is 120 cm³/mol. The van der Waals surface area contributed by atoms with Gasteiger partial charge in [-0.15, -0.1) is 0 Å². The Labute approximate surface area is 198 Å². The van der Waals surface area contributed by atoms with Crippen LogP contribution in [0.4, 0.5) is 0 Å². The van der Waals surface area contributed by atoms with Gasteiger partial charge in [0.05, 0.1) is 5.56 Å². The largest absolute Gasteiger partial charge is 0.508 e. The third-order valence-corrected chi connectivity index (χ3v) is 5.15. The number of aromatic hydroxyl groups is 8. The Morgan fingerprint density at radius 1 is 0.771 bits per heavy atom. The molecule has 1 aliphatic heterocycles. The van der Waals surface area contributed by atoms with Crippen molar-refractivity contribution in [3.63, 3.8) is 0 Å². The normalized spacial score (nSPS) is 16.3. The Hall–Kier alpha value is -4.67. The number of benzene rings is 3. The molecule has 0 fully saturated rings. The highest BCUT2D eigenvalue weighted by molar-refractivity contribution is 5.91. The number of hydrogen-bond donors (Lipinski definition) is 8. The molecule has 3 aromatic rings. The van der Waals surface area contributed by atoms with E-state index in [2.05, 4.69) is 0 Å². The number of carbonyl (C=O) groups is 1. The molecule has 0 aromatic heterocycles. The molecule has 0 radical (unpaired) electrons. The van der Waals surface area contributed by atoms with Crippen molar-refractivity contribution in [3.05, 3.63) is 53.1 Å². The van der Waals surface area contributed by atoms with Crippen LogP contribution in [0.15, 0.2) is 36.4 Å². The fourth-order valence-electron chi connectivity index (χ4n) is 3.55. The molecule has 35 heavy (non-hydrogen) atoms. The standard InChI is InChI=1S/C22H18O11.C2H6/c23-10-5-12(24)11-7-18(33-22(31)9-3-15(27)20(30)16(28)4-9)21(32-17(11)6-10)8-1-13(25)19(29)14(26)2-8;1-2/h1-6,18,21,23-30H,7H2;1-2H3/t18-,21-;/m1./s1. The van der Waals surface area contributed by atoms with Crippen LogP contribution in [0.5, 0.6) is 51.7 Å². The van der Waals surface area contributed by atoms with E-state index in [1.807, 2.05) is 13.8 Å². The zero-order valence-electron chi connectivity index (χ0n) is 18.6. The molecule has 2 atom stereocenters. The van der Waals surface area contributed by atoms with Crippen LogP contribution in [0.3, 0.4) is 0 Å². The van der Waals surface area contributed by atoms with Crippen molar-refractivity contribution in [2.45, 2.75) is 32.5 Å². The lowest BCUT2D eigenvalue weighted by molar-refractivity contribution is -0.0189. The molecule has 186 valence electrons. The summed E-state index contributed by atoms with van der Waals surface area (Å²) in [5, 5.41) is 78.2. The van der Waals surface area contributed by atoms with Gasteiger partial charge in [-0.25, -0.2) is 4.79 Å². The number of carbonyl (C=O) groups excluding carboxylic acids is 1. The van der Waals surface area contributed by atoms with Gasteiger partial charge < -0.3 is 50.3 Å². The first kappa shape index (κ1) is 25.0. The average Bonchev–Trinajstić information content (AvgIpc) is 2.81. The lowest BCUT2D eigenvalue weighted by atomic mass is 9.93. The maximum atomic E-state index is 12.7.